The number of nitrogens with zero attached hydrogens (tertiary/aromatic N) is 4. The van der Waals surface area contributed by atoms with Crippen LogP contribution in [0.2, 0.25) is 0 Å². The summed E-state index contributed by atoms with van der Waals surface area (Å²) in [4.78, 5) is 11.9. The van der Waals surface area contributed by atoms with Gasteiger partial charge < -0.3 is 10.0 Å². The van der Waals surface area contributed by atoms with Crippen molar-refractivity contribution in [3.8, 4) is 0 Å². The Labute approximate surface area is 148 Å². The van der Waals surface area contributed by atoms with Gasteiger partial charge in [0.2, 0.25) is 5.95 Å². The number of hydrogen-bond donors (Lipinski definition) is 1. The van der Waals surface area contributed by atoms with Gasteiger partial charge in [-0.3, -0.25) is 4.40 Å². The summed E-state index contributed by atoms with van der Waals surface area (Å²) >= 11 is 0. The zero-order valence-electron chi connectivity index (χ0n) is 15.5. The third kappa shape index (κ3) is 2.76. The summed E-state index contributed by atoms with van der Waals surface area (Å²) in [6, 6.07) is 4.14. The normalized spacial score (nSPS) is 18.8. The number of rotatable bonds is 2. The van der Waals surface area contributed by atoms with Crippen molar-refractivity contribution in [3.05, 3.63) is 35.7 Å². The van der Waals surface area contributed by atoms with Crippen LogP contribution in [0.5, 0.6) is 0 Å². The average Bonchev–Trinajstić information content (AvgIpc) is 3.03. The van der Waals surface area contributed by atoms with Gasteiger partial charge in [0, 0.05) is 36.4 Å². The number of hydrogen-bond acceptors (Lipinski definition) is 4. The van der Waals surface area contributed by atoms with Gasteiger partial charge in [-0.25, -0.2) is 9.97 Å². The highest BCUT2D eigenvalue weighted by Gasteiger charge is 2.28. The van der Waals surface area contributed by atoms with Crippen molar-refractivity contribution >= 4 is 22.5 Å². The Morgan fingerprint density at radius 3 is 2.60 bits per heavy atom. The molecule has 25 heavy (non-hydrogen) atoms. The Morgan fingerprint density at radius 1 is 1.20 bits per heavy atom. The quantitative estimate of drug-likeness (QED) is 0.771. The van der Waals surface area contributed by atoms with E-state index in [2.05, 4.69) is 34.2 Å². The molecule has 132 valence electrons. The number of fused-ring (bicyclic) bond motifs is 3. The van der Waals surface area contributed by atoms with Crippen LogP contribution in [0.1, 0.15) is 50.8 Å². The predicted molar refractivity (Wildman–Crippen MR) is 101 cm³/mol. The molecule has 0 saturated carbocycles. The fraction of sp³-hybridized carbons (Fsp3) is 0.500. The molecule has 3 aromatic rings. The van der Waals surface area contributed by atoms with E-state index in [1.54, 1.807) is 6.92 Å². The highest BCUT2D eigenvalue weighted by molar-refractivity contribution is 5.95. The van der Waals surface area contributed by atoms with Crippen molar-refractivity contribution < 1.29 is 5.11 Å². The standard InChI is InChI=1S/C20H26N4O/c1-13-11-15(14(2)25)17-16(12-13)18-21-7-10-24(18)19(22-17)23-8-5-20(3,4)6-9-23/h7,10-12,14,25H,5-6,8-9H2,1-4H3. The molecule has 1 aromatic carbocycles. The van der Waals surface area contributed by atoms with Gasteiger partial charge in [0.15, 0.2) is 0 Å². The molecule has 5 nitrogen and oxygen atoms in total. The van der Waals surface area contributed by atoms with Crippen LogP contribution in [0.15, 0.2) is 24.5 Å². The smallest absolute Gasteiger partial charge is 0.211 e. The summed E-state index contributed by atoms with van der Waals surface area (Å²) in [7, 11) is 0. The van der Waals surface area contributed by atoms with E-state index in [1.165, 1.54) is 0 Å². The first kappa shape index (κ1) is 16.3. The van der Waals surface area contributed by atoms with Gasteiger partial charge in [-0.2, -0.15) is 0 Å². The molecule has 1 atom stereocenters. The molecule has 4 rings (SSSR count). The van der Waals surface area contributed by atoms with Crippen LogP contribution >= 0.6 is 0 Å². The highest BCUT2D eigenvalue weighted by Crippen LogP contribution is 2.34. The lowest BCUT2D eigenvalue weighted by molar-refractivity contribution is 0.200. The zero-order valence-corrected chi connectivity index (χ0v) is 15.5. The maximum absolute atomic E-state index is 10.3. The van der Waals surface area contributed by atoms with Gasteiger partial charge >= 0.3 is 0 Å². The molecule has 0 spiro atoms. The second-order valence-electron chi connectivity index (χ2n) is 8.11. The molecule has 1 saturated heterocycles. The Balaban J connectivity index is 1.94. The Kier molecular flexibility index (Phi) is 3.72. The molecule has 1 fully saturated rings. The molecule has 0 radical (unpaired) electrons. The van der Waals surface area contributed by atoms with Crippen molar-refractivity contribution in [1.82, 2.24) is 14.4 Å². The minimum atomic E-state index is -0.555. The number of aliphatic hydroxyl groups is 1. The van der Waals surface area contributed by atoms with Gasteiger partial charge in [0.05, 0.1) is 11.6 Å². The van der Waals surface area contributed by atoms with E-state index >= 15 is 0 Å². The monoisotopic (exact) mass is 338 g/mol. The number of aliphatic hydroxyl groups excluding tert-OH is 1. The average molecular weight is 338 g/mol. The van der Waals surface area contributed by atoms with Crippen LogP contribution in [0.4, 0.5) is 5.95 Å². The summed E-state index contributed by atoms with van der Waals surface area (Å²) in [6.45, 7) is 10.5. The fourth-order valence-electron chi connectivity index (χ4n) is 3.77. The first-order valence-electron chi connectivity index (χ1n) is 9.06. The molecule has 1 aliphatic heterocycles. The van der Waals surface area contributed by atoms with Gasteiger partial charge in [-0.1, -0.05) is 19.9 Å². The predicted octanol–water partition coefficient (Wildman–Crippen LogP) is 3.87. The maximum Gasteiger partial charge on any atom is 0.211 e. The van der Waals surface area contributed by atoms with Crippen LogP contribution in [0.3, 0.4) is 0 Å². The summed E-state index contributed by atoms with van der Waals surface area (Å²) in [6.07, 6.45) is 5.57. The molecular weight excluding hydrogens is 312 g/mol. The van der Waals surface area contributed by atoms with Crippen molar-refractivity contribution in [2.45, 2.75) is 46.6 Å². The lowest BCUT2D eigenvalue weighted by atomic mass is 9.83. The van der Waals surface area contributed by atoms with E-state index < -0.39 is 6.10 Å². The Hall–Kier alpha value is -2.14. The van der Waals surface area contributed by atoms with Crippen LogP contribution in [-0.2, 0) is 0 Å². The molecule has 0 bridgehead atoms. The molecular formula is C20H26N4O. The van der Waals surface area contributed by atoms with Gasteiger partial charge in [0.25, 0.3) is 0 Å². The number of anilines is 1. The van der Waals surface area contributed by atoms with Gasteiger partial charge in [-0.15, -0.1) is 0 Å². The van der Waals surface area contributed by atoms with E-state index in [1.807, 2.05) is 25.4 Å². The SMILES string of the molecule is Cc1cc(C(C)O)c2nc(N3CCC(C)(C)CC3)n3ccnc3c2c1. The number of piperidine rings is 1. The van der Waals surface area contributed by atoms with Gasteiger partial charge in [-0.05, 0) is 43.7 Å². The van der Waals surface area contributed by atoms with E-state index in [9.17, 15) is 5.11 Å². The molecule has 0 aliphatic carbocycles. The summed E-state index contributed by atoms with van der Waals surface area (Å²) in [5, 5.41) is 11.3. The first-order valence-corrected chi connectivity index (χ1v) is 9.06. The molecule has 2 aromatic heterocycles. The topological polar surface area (TPSA) is 53.7 Å². The summed E-state index contributed by atoms with van der Waals surface area (Å²) in [5.74, 6) is 0.932. The number of aromatic nitrogens is 3. The number of aryl methyl sites for hydroxylation is 1. The molecule has 1 N–H and O–H groups in total. The van der Waals surface area contributed by atoms with Crippen molar-refractivity contribution in [3.63, 3.8) is 0 Å². The highest BCUT2D eigenvalue weighted by atomic mass is 16.3. The van der Waals surface area contributed by atoms with Gasteiger partial charge in [0.1, 0.15) is 5.65 Å². The number of benzene rings is 1. The number of imidazole rings is 1. The van der Waals surface area contributed by atoms with E-state index in [0.717, 1.165) is 59.6 Å². The largest absolute Gasteiger partial charge is 0.389 e. The fourth-order valence-corrected chi connectivity index (χ4v) is 3.77. The van der Waals surface area contributed by atoms with E-state index in [4.69, 9.17) is 4.98 Å². The summed E-state index contributed by atoms with van der Waals surface area (Å²) in [5.41, 5.74) is 4.15. The van der Waals surface area contributed by atoms with Crippen LogP contribution in [-0.4, -0.2) is 32.6 Å². The van der Waals surface area contributed by atoms with Crippen molar-refractivity contribution in [2.75, 3.05) is 18.0 Å². The Bertz CT molecular complexity index is 932. The second-order valence-corrected chi connectivity index (χ2v) is 8.11. The Morgan fingerprint density at radius 2 is 1.92 bits per heavy atom. The third-order valence-corrected chi connectivity index (χ3v) is 5.44. The molecule has 1 unspecified atom stereocenters. The van der Waals surface area contributed by atoms with Crippen LogP contribution < -0.4 is 4.90 Å². The van der Waals surface area contributed by atoms with Crippen molar-refractivity contribution in [2.24, 2.45) is 5.41 Å². The summed E-state index contributed by atoms with van der Waals surface area (Å²) < 4.78 is 2.09. The third-order valence-electron chi connectivity index (χ3n) is 5.44. The first-order chi connectivity index (χ1) is 11.9. The van der Waals surface area contributed by atoms with Crippen LogP contribution in [0.25, 0.3) is 16.6 Å². The lowest BCUT2D eigenvalue weighted by Gasteiger charge is -2.37. The van der Waals surface area contributed by atoms with Crippen molar-refractivity contribution in [1.29, 1.82) is 0 Å². The van der Waals surface area contributed by atoms with E-state index in [-0.39, 0.29) is 0 Å². The zero-order chi connectivity index (χ0) is 17.8. The minimum Gasteiger partial charge on any atom is -0.389 e. The maximum atomic E-state index is 10.3. The van der Waals surface area contributed by atoms with Crippen LogP contribution in [0, 0.1) is 12.3 Å². The minimum absolute atomic E-state index is 0.392. The molecule has 0 amide bonds. The second kappa shape index (κ2) is 5.70. The van der Waals surface area contributed by atoms with E-state index in [0.29, 0.717) is 5.41 Å². The molecule has 5 heteroatoms. The molecule has 3 heterocycles. The molecule has 1 aliphatic rings. The lowest BCUT2D eigenvalue weighted by Crippen LogP contribution is -2.38.